The summed E-state index contributed by atoms with van der Waals surface area (Å²) in [4.78, 5) is -1.94. The zero-order valence-corrected chi connectivity index (χ0v) is 12.6. The van der Waals surface area contributed by atoms with Gasteiger partial charge in [0.2, 0.25) is 0 Å². The fraction of sp³-hybridized carbons (Fsp3) is 0. The van der Waals surface area contributed by atoms with Gasteiger partial charge in [-0.2, -0.15) is 16.8 Å². The summed E-state index contributed by atoms with van der Waals surface area (Å²) < 4.78 is 94.2. The second kappa shape index (κ2) is 5.85. The summed E-state index contributed by atoms with van der Waals surface area (Å²) >= 11 is 0. The predicted octanol–water partition coefficient (Wildman–Crippen LogP) is 2.25. The van der Waals surface area contributed by atoms with Gasteiger partial charge in [0, 0.05) is 0 Å². The zero-order valence-electron chi connectivity index (χ0n) is 11.0. The molecule has 0 aliphatic carbocycles. The largest absolute Gasteiger partial charge is 0.454 e. The maximum absolute atomic E-state index is 13.1. The van der Waals surface area contributed by atoms with Gasteiger partial charge in [0.15, 0.2) is 0 Å². The molecule has 0 saturated heterocycles. The molecule has 0 saturated carbocycles. The molecule has 0 spiro atoms. The van der Waals surface area contributed by atoms with Crippen LogP contribution in [-0.4, -0.2) is 25.9 Å². The summed E-state index contributed by atoms with van der Waals surface area (Å²) in [5.74, 6) is -3.24. The van der Waals surface area contributed by atoms with Crippen LogP contribution in [0.2, 0.25) is 0 Å². The highest BCUT2D eigenvalue weighted by atomic mass is 32.2. The van der Waals surface area contributed by atoms with Crippen molar-refractivity contribution in [3.63, 3.8) is 0 Å². The third kappa shape index (κ3) is 4.01. The normalized spacial score (nSPS) is 12.2. The highest BCUT2D eigenvalue weighted by Gasteiger charge is 2.22. The Morgan fingerprint density at radius 2 is 1.09 bits per heavy atom. The minimum Gasteiger partial charge on any atom is -0.454 e. The second-order valence-electron chi connectivity index (χ2n) is 4.23. The Hall–Kier alpha value is -2.08. The molecule has 0 unspecified atom stereocenters. The number of rotatable bonds is 4. The molecular weight excluding hydrogens is 358 g/mol. The minimum atomic E-state index is -4.88. The molecule has 124 valence electrons. The molecule has 2 rings (SSSR count). The lowest BCUT2D eigenvalue weighted by Gasteiger charge is -2.12. The van der Waals surface area contributed by atoms with E-state index in [1.807, 2.05) is 0 Å². The second-order valence-corrected chi connectivity index (χ2v) is 7.01. The van der Waals surface area contributed by atoms with Crippen molar-refractivity contribution in [2.45, 2.75) is 9.79 Å². The van der Waals surface area contributed by atoms with Crippen molar-refractivity contribution in [2.75, 3.05) is 0 Å². The zero-order chi connectivity index (χ0) is 17.4. The van der Waals surface area contributed by atoms with Gasteiger partial charge < -0.3 is 4.74 Å². The maximum atomic E-state index is 13.1. The van der Waals surface area contributed by atoms with E-state index in [0.29, 0.717) is 12.1 Å². The summed E-state index contributed by atoms with van der Waals surface area (Å²) in [5, 5.41) is 0. The molecule has 0 aliphatic heterocycles. The average Bonchev–Trinajstić information content (AvgIpc) is 2.40. The van der Waals surface area contributed by atoms with Gasteiger partial charge >= 0.3 is 0 Å². The van der Waals surface area contributed by atoms with Crippen molar-refractivity contribution >= 4 is 20.2 Å². The molecule has 0 fully saturated rings. The van der Waals surface area contributed by atoms with Gasteiger partial charge in [0.25, 0.3) is 20.2 Å². The molecule has 11 heteroatoms. The lowest BCUT2D eigenvalue weighted by Crippen LogP contribution is -2.05. The summed E-state index contributed by atoms with van der Waals surface area (Å²) in [6.07, 6.45) is 0. The van der Waals surface area contributed by atoms with Gasteiger partial charge in [0.1, 0.15) is 32.9 Å². The van der Waals surface area contributed by atoms with Gasteiger partial charge in [-0.3, -0.25) is 9.11 Å². The van der Waals surface area contributed by atoms with Crippen molar-refractivity contribution in [3.05, 3.63) is 48.0 Å². The van der Waals surface area contributed by atoms with Crippen LogP contribution in [0, 0.1) is 11.6 Å². The summed E-state index contributed by atoms with van der Waals surface area (Å²) in [6.45, 7) is 0. The van der Waals surface area contributed by atoms with Crippen molar-refractivity contribution in [1.29, 1.82) is 0 Å². The van der Waals surface area contributed by atoms with Gasteiger partial charge in [-0.25, -0.2) is 8.78 Å². The van der Waals surface area contributed by atoms with E-state index in [9.17, 15) is 25.6 Å². The van der Waals surface area contributed by atoms with Crippen LogP contribution < -0.4 is 4.74 Å². The van der Waals surface area contributed by atoms with E-state index in [0.717, 1.165) is 24.3 Å². The van der Waals surface area contributed by atoms with Crippen LogP contribution in [0.4, 0.5) is 8.78 Å². The van der Waals surface area contributed by atoms with Crippen LogP contribution in [0.15, 0.2) is 46.2 Å². The summed E-state index contributed by atoms with van der Waals surface area (Å²) in [7, 11) is -9.77. The van der Waals surface area contributed by atoms with Crippen molar-refractivity contribution in [2.24, 2.45) is 0 Å². The summed E-state index contributed by atoms with van der Waals surface area (Å²) in [5.41, 5.74) is 0. The van der Waals surface area contributed by atoms with E-state index >= 15 is 0 Å². The molecular formula is C12H8F2O7S2. The van der Waals surface area contributed by atoms with Crippen LogP contribution >= 0.6 is 0 Å². The van der Waals surface area contributed by atoms with Crippen LogP contribution in [0.25, 0.3) is 0 Å². The topological polar surface area (TPSA) is 118 Å². The molecule has 0 radical (unpaired) electrons. The molecule has 0 heterocycles. The first-order valence-electron chi connectivity index (χ1n) is 5.70. The van der Waals surface area contributed by atoms with E-state index < -0.39 is 53.2 Å². The van der Waals surface area contributed by atoms with Gasteiger partial charge in [-0.1, -0.05) is 0 Å². The van der Waals surface area contributed by atoms with E-state index in [2.05, 4.69) is 0 Å². The minimum absolute atomic E-state index is 0.446. The lowest BCUT2D eigenvalue weighted by atomic mass is 10.3. The number of benzene rings is 2. The standard InChI is InChI=1S/C12H8F2O7S2/c13-7-1-3-9(11(5-7)22(15,16)17)21-10-4-2-8(14)6-12(10)23(18,19)20/h1-6H,(H,15,16,17)(H,18,19,20). The first-order chi connectivity index (χ1) is 10.5. The van der Waals surface area contributed by atoms with Gasteiger partial charge in [-0.15, -0.1) is 0 Å². The molecule has 7 nitrogen and oxygen atoms in total. The fourth-order valence-electron chi connectivity index (χ4n) is 1.65. The molecule has 2 aromatic carbocycles. The molecule has 0 amide bonds. The van der Waals surface area contributed by atoms with Crippen LogP contribution in [-0.2, 0) is 20.2 Å². The number of halogens is 2. The Morgan fingerprint density at radius 3 is 1.39 bits per heavy atom. The highest BCUT2D eigenvalue weighted by Crippen LogP contribution is 2.33. The Balaban J connectivity index is 2.62. The number of hydrogen-bond donors (Lipinski definition) is 2. The average molecular weight is 366 g/mol. The Bertz CT molecular complexity index is 889. The van der Waals surface area contributed by atoms with Crippen LogP contribution in [0.5, 0.6) is 11.5 Å². The Kier molecular flexibility index (Phi) is 4.39. The predicted molar refractivity (Wildman–Crippen MR) is 72.5 cm³/mol. The van der Waals surface area contributed by atoms with E-state index in [-0.39, 0.29) is 0 Å². The van der Waals surface area contributed by atoms with E-state index in [1.165, 1.54) is 0 Å². The Morgan fingerprint density at radius 1 is 0.739 bits per heavy atom. The van der Waals surface area contributed by atoms with Crippen LogP contribution in [0.3, 0.4) is 0 Å². The monoisotopic (exact) mass is 366 g/mol. The van der Waals surface area contributed by atoms with Crippen molar-refractivity contribution in [3.8, 4) is 11.5 Å². The third-order valence-electron chi connectivity index (χ3n) is 2.59. The summed E-state index contributed by atoms with van der Waals surface area (Å²) in [6, 6.07) is 4.11. The molecule has 2 aromatic rings. The smallest absolute Gasteiger partial charge is 0.298 e. The lowest BCUT2D eigenvalue weighted by molar-refractivity contribution is 0.429. The highest BCUT2D eigenvalue weighted by molar-refractivity contribution is 7.86. The molecule has 23 heavy (non-hydrogen) atoms. The van der Waals surface area contributed by atoms with E-state index in [4.69, 9.17) is 13.8 Å². The third-order valence-corrected chi connectivity index (χ3v) is 4.34. The van der Waals surface area contributed by atoms with E-state index in [1.54, 1.807) is 0 Å². The molecule has 2 N–H and O–H groups in total. The van der Waals surface area contributed by atoms with Gasteiger partial charge in [-0.05, 0) is 36.4 Å². The first-order valence-corrected chi connectivity index (χ1v) is 8.58. The SMILES string of the molecule is O=S(=O)(O)c1cc(F)ccc1Oc1ccc(F)cc1S(=O)(=O)O. The number of hydrogen-bond acceptors (Lipinski definition) is 5. The van der Waals surface area contributed by atoms with Crippen molar-refractivity contribution < 1.29 is 39.5 Å². The maximum Gasteiger partial charge on any atom is 0.298 e. The Labute approximate surface area is 129 Å². The molecule has 0 aliphatic rings. The number of ether oxygens (including phenoxy) is 1. The quantitative estimate of drug-likeness (QED) is 0.797. The molecule has 0 aromatic heterocycles. The van der Waals surface area contributed by atoms with Crippen molar-refractivity contribution in [1.82, 2.24) is 0 Å². The first kappa shape index (κ1) is 17.3. The molecule has 0 bridgehead atoms. The van der Waals surface area contributed by atoms with Gasteiger partial charge in [0.05, 0.1) is 0 Å². The molecule has 0 atom stereocenters. The fourth-order valence-corrected chi connectivity index (χ4v) is 2.91. The van der Waals surface area contributed by atoms with Crippen LogP contribution in [0.1, 0.15) is 0 Å².